The van der Waals surface area contributed by atoms with Gasteiger partial charge in [0.15, 0.2) is 0 Å². The Balaban J connectivity index is 0.00000176. The molecule has 2 aliphatic rings. The number of hydrogen-bond donors (Lipinski definition) is 1. The SMILES string of the molecule is Cc1ccc(CC(=O)N2CCC(N3CCNCC3)C2)cc1.Cl. The Morgan fingerprint density at radius 2 is 1.86 bits per heavy atom. The van der Waals surface area contributed by atoms with Gasteiger partial charge in [0.05, 0.1) is 6.42 Å². The number of carbonyl (C=O) groups excluding carboxylic acids is 1. The highest BCUT2D eigenvalue weighted by Crippen LogP contribution is 2.17. The van der Waals surface area contributed by atoms with Crippen LogP contribution in [0.4, 0.5) is 0 Å². The maximum Gasteiger partial charge on any atom is 0.227 e. The maximum atomic E-state index is 12.4. The molecule has 0 radical (unpaired) electrons. The van der Waals surface area contributed by atoms with Crippen LogP contribution in [0.25, 0.3) is 0 Å². The second kappa shape index (κ2) is 7.95. The minimum atomic E-state index is 0. The number of rotatable bonds is 3. The number of carbonyl (C=O) groups is 1. The number of hydrogen-bond acceptors (Lipinski definition) is 3. The van der Waals surface area contributed by atoms with Crippen LogP contribution < -0.4 is 5.32 Å². The number of piperazine rings is 1. The lowest BCUT2D eigenvalue weighted by Crippen LogP contribution is -2.49. The van der Waals surface area contributed by atoms with Gasteiger partial charge >= 0.3 is 0 Å². The molecule has 122 valence electrons. The van der Waals surface area contributed by atoms with E-state index < -0.39 is 0 Å². The summed E-state index contributed by atoms with van der Waals surface area (Å²) in [6.45, 7) is 8.28. The Morgan fingerprint density at radius 3 is 2.55 bits per heavy atom. The number of benzene rings is 1. The van der Waals surface area contributed by atoms with Crippen molar-refractivity contribution in [3.63, 3.8) is 0 Å². The van der Waals surface area contributed by atoms with Crippen molar-refractivity contribution >= 4 is 18.3 Å². The lowest BCUT2D eigenvalue weighted by molar-refractivity contribution is -0.129. The molecule has 0 spiro atoms. The first-order chi connectivity index (χ1) is 10.2. The summed E-state index contributed by atoms with van der Waals surface area (Å²) in [4.78, 5) is 17.0. The van der Waals surface area contributed by atoms with E-state index in [1.54, 1.807) is 0 Å². The molecular weight excluding hydrogens is 298 g/mol. The highest BCUT2D eigenvalue weighted by molar-refractivity contribution is 5.85. The van der Waals surface area contributed by atoms with E-state index >= 15 is 0 Å². The number of halogens is 1. The fourth-order valence-electron chi connectivity index (χ4n) is 3.31. The van der Waals surface area contributed by atoms with Gasteiger partial charge in [-0.25, -0.2) is 0 Å². The van der Waals surface area contributed by atoms with Crippen LogP contribution in [0.15, 0.2) is 24.3 Å². The zero-order valence-corrected chi connectivity index (χ0v) is 14.1. The Morgan fingerprint density at radius 1 is 1.18 bits per heavy atom. The number of nitrogens with one attached hydrogen (secondary N) is 1. The molecule has 2 saturated heterocycles. The fraction of sp³-hybridized carbons (Fsp3) is 0.588. The Bertz CT molecular complexity index is 485. The van der Waals surface area contributed by atoms with Gasteiger partial charge in [0.1, 0.15) is 0 Å². The predicted octanol–water partition coefficient (Wildman–Crippen LogP) is 1.47. The molecule has 0 aromatic heterocycles. The largest absolute Gasteiger partial charge is 0.341 e. The molecule has 1 amide bonds. The normalized spacial score (nSPS) is 22.4. The number of amides is 1. The van der Waals surface area contributed by atoms with Gasteiger partial charge in [0, 0.05) is 45.3 Å². The van der Waals surface area contributed by atoms with E-state index in [9.17, 15) is 4.79 Å². The monoisotopic (exact) mass is 323 g/mol. The van der Waals surface area contributed by atoms with Gasteiger partial charge in [-0.3, -0.25) is 9.69 Å². The van der Waals surface area contributed by atoms with Crippen molar-refractivity contribution in [1.82, 2.24) is 15.1 Å². The topological polar surface area (TPSA) is 35.6 Å². The molecule has 4 nitrogen and oxygen atoms in total. The van der Waals surface area contributed by atoms with E-state index in [4.69, 9.17) is 0 Å². The molecule has 0 bridgehead atoms. The van der Waals surface area contributed by atoms with Crippen molar-refractivity contribution in [3.8, 4) is 0 Å². The zero-order chi connectivity index (χ0) is 14.7. The molecule has 5 heteroatoms. The molecule has 3 rings (SSSR count). The molecule has 1 aromatic rings. The average Bonchev–Trinajstić information content (AvgIpc) is 3.00. The van der Waals surface area contributed by atoms with Gasteiger partial charge in [-0.05, 0) is 18.9 Å². The fourth-order valence-corrected chi connectivity index (χ4v) is 3.31. The molecule has 2 heterocycles. The third kappa shape index (κ3) is 4.22. The third-order valence-corrected chi connectivity index (χ3v) is 4.66. The van der Waals surface area contributed by atoms with Crippen molar-refractivity contribution in [2.24, 2.45) is 0 Å². The summed E-state index contributed by atoms with van der Waals surface area (Å²) in [6, 6.07) is 8.86. The summed E-state index contributed by atoms with van der Waals surface area (Å²) < 4.78 is 0. The molecule has 22 heavy (non-hydrogen) atoms. The summed E-state index contributed by atoms with van der Waals surface area (Å²) in [6.07, 6.45) is 1.66. The zero-order valence-electron chi connectivity index (χ0n) is 13.3. The summed E-state index contributed by atoms with van der Waals surface area (Å²) >= 11 is 0. The molecule has 0 aliphatic carbocycles. The first-order valence-corrected chi connectivity index (χ1v) is 8.00. The van der Waals surface area contributed by atoms with Crippen LogP contribution in [-0.4, -0.2) is 61.0 Å². The summed E-state index contributed by atoms with van der Waals surface area (Å²) in [5.41, 5.74) is 2.36. The van der Waals surface area contributed by atoms with Gasteiger partial charge in [0.25, 0.3) is 0 Å². The smallest absolute Gasteiger partial charge is 0.227 e. The quantitative estimate of drug-likeness (QED) is 0.915. The van der Waals surface area contributed by atoms with Gasteiger partial charge in [-0.15, -0.1) is 12.4 Å². The van der Waals surface area contributed by atoms with E-state index in [2.05, 4.69) is 41.4 Å². The van der Waals surface area contributed by atoms with Crippen molar-refractivity contribution in [2.75, 3.05) is 39.3 Å². The highest BCUT2D eigenvalue weighted by Gasteiger charge is 2.30. The van der Waals surface area contributed by atoms with Crippen molar-refractivity contribution in [3.05, 3.63) is 35.4 Å². The van der Waals surface area contributed by atoms with Gasteiger partial charge in [0.2, 0.25) is 5.91 Å². The third-order valence-electron chi connectivity index (χ3n) is 4.66. The molecule has 1 atom stereocenters. The average molecular weight is 324 g/mol. The number of nitrogens with zero attached hydrogens (tertiary/aromatic N) is 2. The predicted molar refractivity (Wildman–Crippen MR) is 91.6 cm³/mol. The van der Waals surface area contributed by atoms with Crippen LogP contribution >= 0.6 is 12.4 Å². The highest BCUT2D eigenvalue weighted by atomic mass is 35.5. The molecule has 0 saturated carbocycles. The van der Waals surface area contributed by atoms with E-state index in [1.807, 2.05) is 4.90 Å². The first-order valence-electron chi connectivity index (χ1n) is 8.00. The second-order valence-electron chi connectivity index (χ2n) is 6.23. The Labute approximate surface area is 139 Å². The standard InChI is InChI=1S/C17H25N3O.ClH/c1-14-2-4-15(5-3-14)12-17(21)20-9-6-16(13-20)19-10-7-18-8-11-19;/h2-5,16,18H,6-13H2,1H3;1H. The Kier molecular flexibility index (Phi) is 6.24. The Hall–Kier alpha value is -1.10. The van der Waals surface area contributed by atoms with Crippen LogP contribution in [0.2, 0.25) is 0 Å². The van der Waals surface area contributed by atoms with Crippen molar-refractivity contribution < 1.29 is 4.79 Å². The lowest BCUT2D eigenvalue weighted by atomic mass is 10.1. The molecule has 2 fully saturated rings. The molecule has 2 aliphatic heterocycles. The minimum Gasteiger partial charge on any atom is -0.341 e. The van der Waals surface area contributed by atoms with Crippen LogP contribution in [-0.2, 0) is 11.2 Å². The van der Waals surface area contributed by atoms with Crippen molar-refractivity contribution in [2.45, 2.75) is 25.8 Å². The molecule has 1 unspecified atom stereocenters. The molecular formula is C17H26ClN3O. The lowest BCUT2D eigenvalue weighted by Gasteiger charge is -2.32. The number of likely N-dealkylation sites (tertiary alicyclic amines) is 1. The molecule has 1 aromatic carbocycles. The molecule has 1 N–H and O–H groups in total. The summed E-state index contributed by atoms with van der Waals surface area (Å²) in [7, 11) is 0. The minimum absolute atomic E-state index is 0. The van der Waals surface area contributed by atoms with Gasteiger partial charge in [-0.2, -0.15) is 0 Å². The van der Waals surface area contributed by atoms with Crippen LogP contribution in [0.5, 0.6) is 0 Å². The van der Waals surface area contributed by atoms with Gasteiger partial charge < -0.3 is 10.2 Å². The number of aryl methyl sites for hydroxylation is 1. The van der Waals surface area contributed by atoms with Gasteiger partial charge in [-0.1, -0.05) is 29.8 Å². The van der Waals surface area contributed by atoms with Crippen LogP contribution in [0.1, 0.15) is 17.5 Å². The van der Waals surface area contributed by atoms with E-state index in [0.29, 0.717) is 12.5 Å². The second-order valence-corrected chi connectivity index (χ2v) is 6.23. The van der Waals surface area contributed by atoms with Crippen LogP contribution in [0.3, 0.4) is 0 Å². The van der Waals surface area contributed by atoms with E-state index in [-0.39, 0.29) is 18.3 Å². The summed E-state index contributed by atoms with van der Waals surface area (Å²) in [5.74, 6) is 0.275. The van der Waals surface area contributed by atoms with Crippen LogP contribution in [0, 0.1) is 6.92 Å². The van der Waals surface area contributed by atoms with E-state index in [0.717, 1.165) is 51.3 Å². The maximum absolute atomic E-state index is 12.4. The van der Waals surface area contributed by atoms with E-state index in [1.165, 1.54) is 5.56 Å². The first kappa shape index (κ1) is 17.3. The van der Waals surface area contributed by atoms with Crippen molar-refractivity contribution in [1.29, 1.82) is 0 Å². The summed E-state index contributed by atoms with van der Waals surface area (Å²) in [5, 5.41) is 3.39.